The van der Waals surface area contributed by atoms with Crippen LogP contribution in [0.3, 0.4) is 0 Å². The van der Waals surface area contributed by atoms with E-state index in [2.05, 4.69) is 20.8 Å². The Balaban J connectivity index is 2.12. The number of hydrogen-bond acceptors (Lipinski definition) is 5. The number of fused-ring (bicyclic) bond motifs is 1. The van der Waals surface area contributed by atoms with Crippen LogP contribution in [-0.2, 0) is 31.6 Å². The van der Waals surface area contributed by atoms with Crippen LogP contribution < -0.4 is 0 Å². The van der Waals surface area contributed by atoms with Crippen LogP contribution in [0.2, 0.25) is 19.6 Å². The monoisotopic (exact) mass is 493 g/mol. The van der Waals surface area contributed by atoms with E-state index >= 15 is 0 Å². The van der Waals surface area contributed by atoms with Crippen LogP contribution in [0, 0.1) is 0 Å². The Morgan fingerprint density at radius 2 is 1.44 bits per heavy atom. The highest BCUT2D eigenvalue weighted by atomic mass is 28.5. The molecule has 1 aromatic rings. The summed E-state index contributed by atoms with van der Waals surface area (Å²) in [6.07, 6.45) is 9.18. The molecular weight excluding hydrogens is 455 g/mol. The second-order valence-electron chi connectivity index (χ2n) is 9.48. The summed E-state index contributed by atoms with van der Waals surface area (Å²) in [6.45, 7) is 12.3. The number of benzene rings is 1. The SMILES string of the molecule is CCCCc1cc2c(c(CCCC)c1CCCC)C(=O)N([Si]1(C)O[SiH2]O[Si](C)(C)O1)C2=O. The Morgan fingerprint density at radius 3 is 2.03 bits per heavy atom. The molecule has 1 atom stereocenters. The van der Waals surface area contributed by atoms with Crippen molar-refractivity contribution >= 4 is 39.1 Å². The second kappa shape index (κ2) is 10.4. The number of hydrogen-bond donors (Lipinski definition) is 0. The van der Waals surface area contributed by atoms with Crippen molar-refractivity contribution in [1.82, 2.24) is 4.57 Å². The minimum atomic E-state index is -3.17. The zero-order valence-electron chi connectivity index (χ0n) is 20.6. The lowest BCUT2D eigenvalue weighted by Crippen LogP contribution is -2.67. The Hall–Kier alpha value is -1.11. The fraction of sp³-hybridized carbons (Fsp3) is 0.652. The van der Waals surface area contributed by atoms with E-state index in [1.165, 1.54) is 15.7 Å². The van der Waals surface area contributed by atoms with Crippen LogP contribution in [-0.4, -0.2) is 43.7 Å². The van der Waals surface area contributed by atoms with Gasteiger partial charge < -0.3 is 12.3 Å². The number of amides is 2. The van der Waals surface area contributed by atoms with Crippen LogP contribution in [0.5, 0.6) is 0 Å². The van der Waals surface area contributed by atoms with Crippen molar-refractivity contribution in [1.29, 1.82) is 0 Å². The number of rotatable bonds is 10. The lowest BCUT2D eigenvalue weighted by atomic mass is 9.85. The first-order chi connectivity index (χ1) is 15.2. The third-order valence-electron chi connectivity index (χ3n) is 6.43. The van der Waals surface area contributed by atoms with Gasteiger partial charge in [-0.05, 0) is 80.9 Å². The molecule has 0 aliphatic carbocycles. The average Bonchev–Trinajstić information content (AvgIpc) is 2.98. The van der Waals surface area contributed by atoms with Gasteiger partial charge in [0.2, 0.25) is 0 Å². The van der Waals surface area contributed by atoms with E-state index in [0.717, 1.165) is 63.4 Å². The van der Waals surface area contributed by atoms with E-state index < -0.39 is 27.3 Å². The van der Waals surface area contributed by atoms with Crippen LogP contribution >= 0.6 is 0 Å². The van der Waals surface area contributed by atoms with E-state index in [0.29, 0.717) is 11.1 Å². The number of nitrogens with zero attached hydrogens (tertiary/aromatic N) is 1. The van der Waals surface area contributed by atoms with Gasteiger partial charge in [0, 0.05) is 0 Å². The summed E-state index contributed by atoms with van der Waals surface area (Å²) < 4.78 is 19.5. The highest BCUT2D eigenvalue weighted by molar-refractivity contribution is 6.86. The molecule has 0 spiro atoms. The number of carbonyl (C=O) groups is 2. The van der Waals surface area contributed by atoms with Gasteiger partial charge in [-0.3, -0.25) is 14.2 Å². The molecule has 0 N–H and O–H groups in total. The summed E-state index contributed by atoms with van der Waals surface area (Å²) in [6, 6.07) is 2.02. The number of imide groups is 1. The zero-order chi connectivity index (χ0) is 23.5. The lowest BCUT2D eigenvalue weighted by Gasteiger charge is -2.43. The van der Waals surface area contributed by atoms with Crippen molar-refractivity contribution in [3.05, 3.63) is 33.9 Å². The van der Waals surface area contributed by atoms with Crippen LogP contribution in [0.15, 0.2) is 6.07 Å². The molecule has 2 amide bonds. The van der Waals surface area contributed by atoms with Crippen molar-refractivity contribution in [3.8, 4) is 0 Å². The molecule has 2 heterocycles. The Morgan fingerprint density at radius 1 is 0.844 bits per heavy atom. The van der Waals surface area contributed by atoms with Gasteiger partial charge in [-0.1, -0.05) is 40.0 Å². The molecular formula is C23H39NO5Si3. The predicted molar refractivity (Wildman–Crippen MR) is 134 cm³/mol. The van der Waals surface area contributed by atoms with Gasteiger partial charge in [-0.25, -0.2) is 0 Å². The number of unbranched alkanes of at least 4 members (excludes halogenated alkanes) is 3. The van der Waals surface area contributed by atoms with Gasteiger partial charge in [0.15, 0.2) is 0 Å². The smallest absolute Gasteiger partial charge is 0.420 e. The molecule has 178 valence electrons. The quantitative estimate of drug-likeness (QED) is 0.351. The third kappa shape index (κ3) is 5.02. The second-order valence-corrected chi connectivity index (χ2v) is 17.9. The molecule has 9 heteroatoms. The van der Waals surface area contributed by atoms with E-state index in [-0.39, 0.29) is 11.8 Å². The van der Waals surface area contributed by atoms with Crippen molar-refractivity contribution in [2.45, 2.75) is 98.2 Å². The first kappa shape index (κ1) is 25.5. The molecule has 1 fully saturated rings. The maximum atomic E-state index is 13.8. The van der Waals surface area contributed by atoms with Gasteiger partial charge in [0.1, 0.15) is 0 Å². The Bertz CT molecular complexity index is 876. The summed E-state index contributed by atoms with van der Waals surface area (Å²) in [5.74, 6) is -0.455. The number of aryl methyl sites for hydroxylation is 1. The van der Waals surface area contributed by atoms with E-state index in [4.69, 9.17) is 12.3 Å². The van der Waals surface area contributed by atoms with E-state index in [1.54, 1.807) is 0 Å². The van der Waals surface area contributed by atoms with Crippen molar-refractivity contribution < 1.29 is 21.9 Å². The standard InChI is InChI=1S/C23H39NO5Si3/c1-7-10-13-17-16-20-21(19(15-12-9-3)18(17)14-11-8-2)23(26)24(22(20)25)32(6)28-30-27-31(4,5)29-32/h16H,7-15,30H2,1-6H3. The topological polar surface area (TPSA) is 65.1 Å². The maximum absolute atomic E-state index is 13.8. The van der Waals surface area contributed by atoms with Crippen LogP contribution in [0.25, 0.3) is 0 Å². The first-order valence-corrected chi connectivity index (χ1v) is 18.5. The minimum Gasteiger partial charge on any atom is -0.420 e. The molecule has 1 saturated heterocycles. The van der Waals surface area contributed by atoms with E-state index in [9.17, 15) is 9.59 Å². The van der Waals surface area contributed by atoms with E-state index in [1.807, 2.05) is 25.7 Å². The zero-order valence-corrected chi connectivity index (χ0v) is 24.1. The molecule has 32 heavy (non-hydrogen) atoms. The average molecular weight is 494 g/mol. The molecule has 0 bridgehead atoms. The van der Waals surface area contributed by atoms with Gasteiger partial charge in [0.25, 0.3) is 21.8 Å². The fourth-order valence-electron chi connectivity index (χ4n) is 4.74. The molecule has 2 aliphatic heterocycles. The normalized spacial score (nSPS) is 23.2. The van der Waals surface area contributed by atoms with Crippen LogP contribution in [0.4, 0.5) is 0 Å². The van der Waals surface area contributed by atoms with Gasteiger partial charge >= 0.3 is 17.3 Å². The molecule has 3 rings (SSSR count). The summed E-state index contributed by atoms with van der Waals surface area (Å²) >= 11 is 0. The third-order valence-corrected chi connectivity index (χ3v) is 17.0. The largest absolute Gasteiger partial charge is 0.447 e. The molecule has 1 unspecified atom stereocenters. The summed E-state index contributed by atoms with van der Waals surface area (Å²) in [7, 11) is -6.84. The molecule has 0 aromatic heterocycles. The fourth-order valence-corrected chi connectivity index (χ4v) is 14.5. The van der Waals surface area contributed by atoms with Gasteiger partial charge in [-0.2, -0.15) is 0 Å². The lowest BCUT2D eigenvalue weighted by molar-refractivity contribution is 0.0689. The maximum Gasteiger partial charge on any atom is 0.447 e. The summed E-state index contributed by atoms with van der Waals surface area (Å²) in [4.78, 5) is 27.5. The molecule has 2 aliphatic rings. The first-order valence-electron chi connectivity index (χ1n) is 12.2. The Kier molecular flexibility index (Phi) is 8.32. The van der Waals surface area contributed by atoms with Crippen molar-refractivity contribution in [2.75, 3.05) is 0 Å². The highest BCUT2D eigenvalue weighted by Crippen LogP contribution is 2.37. The minimum absolute atomic E-state index is 0.217. The Labute approximate surface area is 197 Å². The highest BCUT2D eigenvalue weighted by Gasteiger charge is 2.57. The molecule has 6 nitrogen and oxygen atoms in total. The molecule has 1 aromatic carbocycles. The van der Waals surface area contributed by atoms with Gasteiger partial charge in [-0.15, -0.1) is 0 Å². The number of carbonyl (C=O) groups excluding carboxylic acids is 2. The molecule has 0 radical (unpaired) electrons. The van der Waals surface area contributed by atoms with Gasteiger partial charge in [0.05, 0.1) is 11.1 Å². The summed E-state index contributed by atoms with van der Waals surface area (Å²) in [5.41, 5.74) is 4.82. The van der Waals surface area contributed by atoms with Crippen molar-refractivity contribution in [3.63, 3.8) is 0 Å². The molecule has 0 saturated carbocycles. The van der Waals surface area contributed by atoms with Crippen LogP contribution in [0.1, 0.15) is 96.7 Å². The van der Waals surface area contributed by atoms with Crippen molar-refractivity contribution in [2.24, 2.45) is 0 Å². The summed E-state index contributed by atoms with van der Waals surface area (Å²) in [5, 5.41) is 0. The predicted octanol–water partition coefficient (Wildman–Crippen LogP) is 4.64.